The van der Waals surface area contributed by atoms with Gasteiger partial charge in [0.2, 0.25) is 15.9 Å². The molecule has 1 atom stereocenters. The second-order valence-corrected chi connectivity index (χ2v) is 10.1. The molecular formula is C20H23BrClN3O3S. The minimum Gasteiger partial charge on any atom is -0.368 e. The Bertz CT molecular complexity index is 991. The van der Waals surface area contributed by atoms with Gasteiger partial charge in [-0.15, -0.1) is 0 Å². The highest BCUT2D eigenvalue weighted by molar-refractivity contribution is 9.10. The Balaban J connectivity index is 1.61. The van der Waals surface area contributed by atoms with Crippen LogP contribution in [0, 0.1) is 6.92 Å². The number of amides is 1. The van der Waals surface area contributed by atoms with E-state index in [1.165, 1.54) is 12.1 Å². The first-order chi connectivity index (χ1) is 13.7. The first kappa shape index (κ1) is 22.1. The van der Waals surface area contributed by atoms with Gasteiger partial charge in [0, 0.05) is 41.4 Å². The van der Waals surface area contributed by atoms with Crippen LogP contribution in [-0.2, 0) is 14.8 Å². The Kier molecular flexibility index (Phi) is 6.88. The Morgan fingerprint density at radius 2 is 1.72 bits per heavy atom. The number of rotatable bonds is 5. The van der Waals surface area contributed by atoms with Crippen LogP contribution in [0.1, 0.15) is 12.5 Å². The highest BCUT2D eigenvalue weighted by Crippen LogP contribution is 2.25. The molecule has 0 saturated carbocycles. The summed E-state index contributed by atoms with van der Waals surface area (Å²) in [7, 11) is -3.77. The molecule has 0 aromatic heterocycles. The number of aryl methyl sites for hydroxylation is 1. The summed E-state index contributed by atoms with van der Waals surface area (Å²) in [5.74, 6) is -0.229. The van der Waals surface area contributed by atoms with Crippen molar-refractivity contribution in [3.05, 3.63) is 57.5 Å². The van der Waals surface area contributed by atoms with Crippen LogP contribution in [0.3, 0.4) is 0 Å². The van der Waals surface area contributed by atoms with Gasteiger partial charge in [-0.05, 0) is 55.8 Å². The average Bonchev–Trinajstić information content (AvgIpc) is 2.69. The molecule has 3 rings (SSSR count). The van der Waals surface area contributed by atoms with Crippen LogP contribution in [-0.4, -0.2) is 51.4 Å². The van der Waals surface area contributed by atoms with E-state index in [9.17, 15) is 13.2 Å². The number of sulfonamides is 1. The molecule has 2 aromatic carbocycles. The molecule has 2 aromatic rings. The zero-order chi connectivity index (χ0) is 21.2. The minimum atomic E-state index is -3.77. The van der Waals surface area contributed by atoms with Gasteiger partial charge in [-0.3, -0.25) is 4.79 Å². The van der Waals surface area contributed by atoms with Crippen molar-refractivity contribution >= 4 is 49.1 Å². The third-order valence-electron chi connectivity index (χ3n) is 4.93. The molecule has 9 heteroatoms. The largest absolute Gasteiger partial charge is 0.368 e. The van der Waals surface area contributed by atoms with E-state index < -0.39 is 16.1 Å². The molecule has 1 N–H and O–H groups in total. The van der Waals surface area contributed by atoms with E-state index in [2.05, 4.69) is 25.6 Å². The van der Waals surface area contributed by atoms with E-state index in [4.69, 9.17) is 11.6 Å². The number of carbonyl (C=O) groups is 1. The first-order valence-corrected chi connectivity index (χ1v) is 11.9. The molecule has 156 valence electrons. The summed E-state index contributed by atoms with van der Waals surface area (Å²) in [6, 6.07) is 11.2. The fraction of sp³-hybridized carbons (Fsp3) is 0.350. The Morgan fingerprint density at radius 1 is 1.10 bits per heavy atom. The fourth-order valence-electron chi connectivity index (χ4n) is 3.33. The minimum absolute atomic E-state index is 0.126. The highest BCUT2D eigenvalue weighted by atomic mass is 79.9. The molecule has 1 amide bonds. The molecule has 0 aliphatic carbocycles. The van der Waals surface area contributed by atoms with Crippen LogP contribution in [0.4, 0.5) is 5.69 Å². The zero-order valence-corrected chi connectivity index (χ0v) is 19.4. The van der Waals surface area contributed by atoms with Gasteiger partial charge in [0.25, 0.3) is 0 Å². The van der Waals surface area contributed by atoms with Crippen molar-refractivity contribution in [2.75, 3.05) is 31.1 Å². The highest BCUT2D eigenvalue weighted by Gasteiger charge is 2.28. The van der Waals surface area contributed by atoms with Gasteiger partial charge in [-0.25, -0.2) is 8.42 Å². The van der Waals surface area contributed by atoms with Crippen molar-refractivity contribution in [2.24, 2.45) is 0 Å². The van der Waals surface area contributed by atoms with Crippen LogP contribution in [0.2, 0.25) is 5.02 Å². The number of nitrogens with one attached hydrogen (secondary N) is 1. The maximum atomic E-state index is 12.8. The monoisotopic (exact) mass is 499 g/mol. The lowest BCUT2D eigenvalue weighted by Gasteiger charge is -2.37. The number of benzene rings is 2. The van der Waals surface area contributed by atoms with Gasteiger partial charge < -0.3 is 9.80 Å². The predicted molar refractivity (Wildman–Crippen MR) is 119 cm³/mol. The molecule has 0 unspecified atom stereocenters. The van der Waals surface area contributed by atoms with Gasteiger partial charge in [-0.2, -0.15) is 4.72 Å². The van der Waals surface area contributed by atoms with Crippen LogP contribution >= 0.6 is 27.5 Å². The molecule has 6 nitrogen and oxygen atoms in total. The number of anilines is 1. The van der Waals surface area contributed by atoms with Crippen molar-refractivity contribution in [3.8, 4) is 0 Å². The molecule has 1 fully saturated rings. The smallest absolute Gasteiger partial charge is 0.241 e. The molecule has 0 spiro atoms. The Labute approximate surface area is 185 Å². The van der Waals surface area contributed by atoms with Crippen LogP contribution in [0.5, 0.6) is 0 Å². The van der Waals surface area contributed by atoms with Crippen molar-refractivity contribution in [1.82, 2.24) is 9.62 Å². The topological polar surface area (TPSA) is 69.7 Å². The summed E-state index contributed by atoms with van der Waals surface area (Å²) in [4.78, 5) is 16.8. The normalized spacial score (nSPS) is 16.0. The van der Waals surface area contributed by atoms with E-state index in [1.54, 1.807) is 24.0 Å². The maximum absolute atomic E-state index is 12.8. The molecular weight excluding hydrogens is 478 g/mol. The lowest BCUT2D eigenvalue weighted by Crippen LogP contribution is -2.54. The van der Waals surface area contributed by atoms with Crippen molar-refractivity contribution in [1.29, 1.82) is 0 Å². The fourth-order valence-corrected chi connectivity index (χ4v) is 4.96. The standard InChI is InChI=1S/C20H23BrClN3O3S/c1-14-3-6-17(22)13-19(14)24-9-11-25(12-10-24)20(26)15(2)23-29(27,28)18-7-4-16(21)5-8-18/h3-8,13,15,23H,9-12H2,1-2H3/t15-/m1/s1. The van der Waals surface area contributed by atoms with E-state index >= 15 is 0 Å². The molecule has 1 aliphatic heterocycles. The van der Waals surface area contributed by atoms with E-state index in [-0.39, 0.29) is 10.8 Å². The van der Waals surface area contributed by atoms with Gasteiger partial charge in [-0.1, -0.05) is 33.6 Å². The SMILES string of the molecule is Cc1ccc(Cl)cc1N1CCN(C(=O)[C@@H](C)NS(=O)(=O)c2ccc(Br)cc2)CC1. The number of piperazine rings is 1. The molecule has 1 saturated heterocycles. The quantitative estimate of drug-likeness (QED) is 0.683. The summed E-state index contributed by atoms with van der Waals surface area (Å²) < 4.78 is 28.3. The van der Waals surface area contributed by atoms with Crippen LogP contribution < -0.4 is 9.62 Å². The first-order valence-electron chi connectivity index (χ1n) is 9.25. The van der Waals surface area contributed by atoms with E-state index in [0.29, 0.717) is 31.2 Å². The Morgan fingerprint density at radius 3 is 2.34 bits per heavy atom. The number of carbonyl (C=O) groups excluding carboxylic acids is 1. The second-order valence-electron chi connectivity index (χ2n) is 7.04. The van der Waals surface area contributed by atoms with Crippen molar-refractivity contribution in [2.45, 2.75) is 24.8 Å². The average molecular weight is 501 g/mol. The maximum Gasteiger partial charge on any atom is 0.241 e. The lowest BCUT2D eigenvalue weighted by atomic mass is 10.1. The molecule has 29 heavy (non-hydrogen) atoms. The second kappa shape index (κ2) is 9.04. The summed E-state index contributed by atoms with van der Waals surface area (Å²) in [5, 5.41) is 0.681. The number of nitrogens with zero attached hydrogens (tertiary/aromatic N) is 2. The summed E-state index contributed by atoms with van der Waals surface area (Å²) in [5.41, 5.74) is 2.19. The molecule has 1 aliphatic rings. The van der Waals surface area contributed by atoms with Gasteiger partial charge >= 0.3 is 0 Å². The zero-order valence-electron chi connectivity index (χ0n) is 16.2. The van der Waals surface area contributed by atoms with Crippen LogP contribution in [0.25, 0.3) is 0 Å². The summed E-state index contributed by atoms with van der Waals surface area (Å²) in [6.45, 7) is 5.98. The summed E-state index contributed by atoms with van der Waals surface area (Å²) >= 11 is 9.40. The van der Waals surface area contributed by atoms with E-state index in [0.717, 1.165) is 15.7 Å². The third-order valence-corrected chi connectivity index (χ3v) is 7.25. The van der Waals surface area contributed by atoms with Crippen molar-refractivity contribution < 1.29 is 13.2 Å². The number of hydrogen-bond acceptors (Lipinski definition) is 4. The van der Waals surface area contributed by atoms with Gasteiger partial charge in [0.05, 0.1) is 10.9 Å². The third kappa shape index (κ3) is 5.31. The molecule has 1 heterocycles. The van der Waals surface area contributed by atoms with Crippen LogP contribution in [0.15, 0.2) is 51.8 Å². The number of hydrogen-bond donors (Lipinski definition) is 1. The predicted octanol–water partition coefficient (Wildman–Crippen LogP) is 3.43. The van der Waals surface area contributed by atoms with E-state index in [1.807, 2.05) is 25.1 Å². The molecule has 0 radical (unpaired) electrons. The summed E-state index contributed by atoms with van der Waals surface area (Å²) in [6.07, 6.45) is 0. The molecule has 0 bridgehead atoms. The lowest BCUT2D eigenvalue weighted by molar-refractivity contribution is -0.132. The van der Waals surface area contributed by atoms with Gasteiger partial charge in [0.1, 0.15) is 0 Å². The van der Waals surface area contributed by atoms with Gasteiger partial charge in [0.15, 0.2) is 0 Å². The Hall–Kier alpha value is -1.61. The number of halogens is 2. The van der Waals surface area contributed by atoms with Crippen molar-refractivity contribution in [3.63, 3.8) is 0 Å².